The molecule has 7 heteroatoms. The highest BCUT2D eigenvalue weighted by Gasteiger charge is 2.32. The number of furan rings is 1. The van der Waals surface area contributed by atoms with Crippen molar-refractivity contribution in [1.29, 1.82) is 0 Å². The van der Waals surface area contributed by atoms with E-state index in [-0.39, 0.29) is 19.0 Å². The van der Waals surface area contributed by atoms with Crippen molar-refractivity contribution in [2.24, 2.45) is 0 Å². The van der Waals surface area contributed by atoms with Crippen LogP contribution in [0.2, 0.25) is 0 Å². The van der Waals surface area contributed by atoms with Gasteiger partial charge in [-0.1, -0.05) is 25.7 Å². The highest BCUT2D eigenvalue weighted by atomic mass is 32.2. The SMILES string of the molecule is CSC(CO)(CCCCCCC(OC1CCCCO1)c1ccco1)S(C)=O. The maximum absolute atomic E-state index is 11.9. The van der Waals surface area contributed by atoms with Gasteiger partial charge in [-0.2, -0.15) is 0 Å². The first-order valence-corrected chi connectivity index (χ1v) is 12.7. The second kappa shape index (κ2) is 12.3. The molecule has 2 rings (SSSR count). The van der Waals surface area contributed by atoms with Crippen molar-refractivity contribution in [3.8, 4) is 0 Å². The van der Waals surface area contributed by atoms with Crippen LogP contribution in [0.25, 0.3) is 0 Å². The van der Waals surface area contributed by atoms with Crippen molar-refractivity contribution in [3.05, 3.63) is 24.2 Å². The first-order valence-electron chi connectivity index (χ1n) is 9.91. The molecule has 156 valence electrons. The number of unbranched alkanes of at least 4 members (excludes halogenated alkanes) is 3. The van der Waals surface area contributed by atoms with Crippen LogP contribution in [0, 0.1) is 0 Å². The fourth-order valence-corrected chi connectivity index (χ4v) is 5.46. The molecule has 1 N–H and O–H groups in total. The number of hydrogen-bond donors (Lipinski definition) is 1. The third kappa shape index (κ3) is 7.20. The maximum atomic E-state index is 11.9. The molecule has 1 fully saturated rings. The molecule has 0 aliphatic carbocycles. The Labute approximate surface area is 170 Å². The van der Waals surface area contributed by atoms with Gasteiger partial charge in [0.05, 0.1) is 12.9 Å². The second-order valence-corrected chi connectivity index (χ2v) is 10.3. The fraction of sp³-hybridized carbons (Fsp3) is 0.800. The average molecular weight is 419 g/mol. The van der Waals surface area contributed by atoms with Crippen LogP contribution in [0.3, 0.4) is 0 Å². The number of ether oxygens (including phenoxy) is 2. The van der Waals surface area contributed by atoms with Gasteiger partial charge < -0.3 is 19.0 Å². The number of aliphatic hydroxyl groups excluding tert-OH is 1. The lowest BCUT2D eigenvalue weighted by atomic mass is 10.1. The summed E-state index contributed by atoms with van der Waals surface area (Å²) in [5, 5.41) is 9.63. The van der Waals surface area contributed by atoms with E-state index in [2.05, 4.69) is 0 Å². The maximum Gasteiger partial charge on any atom is 0.158 e. The lowest BCUT2D eigenvalue weighted by Gasteiger charge is -2.27. The van der Waals surface area contributed by atoms with Gasteiger partial charge in [0.15, 0.2) is 6.29 Å². The van der Waals surface area contributed by atoms with Gasteiger partial charge in [-0.15, -0.1) is 11.8 Å². The zero-order valence-corrected chi connectivity index (χ0v) is 18.2. The van der Waals surface area contributed by atoms with E-state index in [0.717, 1.165) is 70.2 Å². The minimum atomic E-state index is -1.03. The van der Waals surface area contributed by atoms with Gasteiger partial charge >= 0.3 is 0 Å². The monoisotopic (exact) mass is 418 g/mol. The molecule has 1 aliphatic rings. The Hall–Kier alpha value is -0.340. The Morgan fingerprint density at radius 3 is 2.78 bits per heavy atom. The normalized spacial score (nSPS) is 22.3. The summed E-state index contributed by atoms with van der Waals surface area (Å²) in [6, 6.07) is 3.87. The summed E-state index contributed by atoms with van der Waals surface area (Å²) in [7, 11) is -1.03. The van der Waals surface area contributed by atoms with E-state index >= 15 is 0 Å². The molecular formula is C20H34O5S2. The van der Waals surface area contributed by atoms with Gasteiger partial charge in [0.2, 0.25) is 0 Å². The second-order valence-electron chi connectivity index (χ2n) is 7.12. The molecule has 2 heterocycles. The molecular weight excluding hydrogens is 384 g/mol. The van der Waals surface area contributed by atoms with E-state index < -0.39 is 14.9 Å². The molecule has 27 heavy (non-hydrogen) atoms. The summed E-state index contributed by atoms with van der Waals surface area (Å²) in [6.45, 7) is 0.740. The van der Waals surface area contributed by atoms with Crippen LogP contribution in [0.5, 0.6) is 0 Å². The van der Waals surface area contributed by atoms with Crippen molar-refractivity contribution < 1.29 is 23.2 Å². The largest absolute Gasteiger partial charge is 0.467 e. The molecule has 1 aromatic rings. The van der Waals surface area contributed by atoms with E-state index in [1.165, 1.54) is 11.8 Å². The van der Waals surface area contributed by atoms with Crippen LogP contribution in [0.4, 0.5) is 0 Å². The van der Waals surface area contributed by atoms with Crippen LogP contribution in [0.1, 0.15) is 69.7 Å². The zero-order valence-electron chi connectivity index (χ0n) is 16.6. The quantitative estimate of drug-likeness (QED) is 0.471. The van der Waals surface area contributed by atoms with Gasteiger partial charge in [0.1, 0.15) is 15.9 Å². The molecule has 1 aromatic heterocycles. The standard InChI is InChI=1S/C20H34O5S2/c1-26-20(16-21,27(2)22)13-7-4-3-5-10-18(17-11-9-15-23-17)25-19-12-6-8-14-24-19/h9,11,15,18-19,21H,3-8,10,12-14,16H2,1-2H3. The van der Waals surface area contributed by atoms with Crippen molar-refractivity contribution in [2.75, 3.05) is 25.7 Å². The van der Waals surface area contributed by atoms with E-state index in [1.54, 1.807) is 12.5 Å². The molecule has 0 spiro atoms. The molecule has 4 unspecified atom stereocenters. The smallest absolute Gasteiger partial charge is 0.158 e. The fourth-order valence-electron chi connectivity index (χ4n) is 3.43. The number of aliphatic hydroxyl groups is 1. The topological polar surface area (TPSA) is 68.9 Å². The molecule has 0 bridgehead atoms. The van der Waals surface area contributed by atoms with Gasteiger partial charge in [-0.25, -0.2) is 0 Å². The van der Waals surface area contributed by atoms with Crippen LogP contribution in [-0.2, 0) is 20.3 Å². The van der Waals surface area contributed by atoms with Crippen LogP contribution < -0.4 is 0 Å². The Morgan fingerprint density at radius 2 is 2.19 bits per heavy atom. The van der Waals surface area contributed by atoms with Gasteiger partial charge in [0, 0.05) is 23.7 Å². The number of thioether (sulfide) groups is 1. The Morgan fingerprint density at radius 1 is 1.37 bits per heavy atom. The predicted octanol–water partition coefficient (Wildman–Crippen LogP) is 4.63. The first kappa shape index (κ1) is 22.9. The van der Waals surface area contributed by atoms with E-state index in [4.69, 9.17) is 13.9 Å². The first-order chi connectivity index (χ1) is 13.1. The van der Waals surface area contributed by atoms with Crippen molar-refractivity contribution >= 4 is 22.6 Å². The minimum absolute atomic E-state index is 0.0346. The summed E-state index contributed by atoms with van der Waals surface area (Å²) in [5.74, 6) is 0.868. The van der Waals surface area contributed by atoms with Crippen molar-refractivity contribution in [2.45, 2.75) is 74.3 Å². The molecule has 0 aromatic carbocycles. The highest BCUT2D eigenvalue weighted by Crippen LogP contribution is 2.33. The summed E-state index contributed by atoms with van der Waals surface area (Å²) in [4.78, 5) is 0. The molecule has 1 saturated heterocycles. The molecule has 0 saturated carbocycles. The third-order valence-electron chi connectivity index (χ3n) is 5.23. The van der Waals surface area contributed by atoms with Gasteiger partial charge in [-0.3, -0.25) is 4.21 Å². The third-order valence-corrected chi connectivity index (χ3v) is 8.89. The Kier molecular flexibility index (Phi) is 10.4. The molecule has 0 amide bonds. The number of hydrogen-bond acceptors (Lipinski definition) is 6. The summed E-state index contributed by atoms with van der Waals surface area (Å²) in [5.41, 5.74) is 0. The summed E-state index contributed by atoms with van der Waals surface area (Å²) in [6.07, 6.45) is 14.2. The van der Waals surface area contributed by atoms with E-state index in [1.807, 2.05) is 18.4 Å². The van der Waals surface area contributed by atoms with E-state index in [0.29, 0.717) is 0 Å². The lowest BCUT2D eigenvalue weighted by Crippen LogP contribution is -2.34. The van der Waals surface area contributed by atoms with E-state index in [9.17, 15) is 9.32 Å². The Balaban J connectivity index is 1.72. The van der Waals surface area contributed by atoms with Gasteiger partial charge in [0.25, 0.3) is 0 Å². The van der Waals surface area contributed by atoms with Crippen molar-refractivity contribution in [3.63, 3.8) is 0 Å². The lowest BCUT2D eigenvalue weighted by molar-refractivity contribution is -0.194. The average Bonchev–Trinajstić information content (AvgIpc) is 3.22. The summed E-state index contributed by atoms with van der Waals surface area (Å²) >= 11 is 1.52. The minimum Gasteiger partial charge on any atom is -0.467 e. The Bertz CT molecular complexity index is 524. The zero-order chi connectivity index (χ0) is 19.5. The number of rotatable bonds is 13. The predicted molar refractivity (Wildman–Crippen MR) is 111 cm³/mol. The molecule has 4 atom stereocenters. The molecule has 1 aliphatic heterocycles. The van der Waals surface area contributed by atoms with Crippen molar-refractivity contribution in [1.82, 2.24) is 0 Å². The van der Waals surface area contributed by atoms with Crippen LogP contribution >= 0.6 is 11.8 Å². The summed E-state index contributed by atoms with van der Waals surface area (Å²) < 4.78 is 28.9. The highest BCUT2D eigenvalue weighted by molar-refractivity contribution is 8.12. The van der Waals surface area contributed by atoms with Crippen LogP contribution in [0.15, 0.2) is 22.8 Å². The van der Waals surface area contributed by atoms with Crippen LogP contribution in [-0.4, -0.2) is 45.4 Å². The molecule has 5 nitrogen and oxygen atoms in total. The van der Waals surface area contributed by atoms with Gasteiger partial charge in [-0.05, 0) is 50.5 Å². The molecule has 0 radical (unpaired) electrons.